The van der Waals surface area contributed by atoms with Crippen molar-refractivity contribution in [3.8, 4) is 0 Å². The van der Waals surface area contributed by atoms with E-state index in [0.29, 0.717) is 11.7 Å². The molecule has 0 radical (unpaired) electrons. The van der Waals surface area contributed by atoms with Gasteiger partial charge in [-0.05, 0) is 25.0 Å². The van der Waals surface area contributed by atoms with E-state index in [1.807, 2.05) is 30.0 Å². The van der Waals surface area contributed by atoms with Crippen LogP contribution in [0.5, 0.6) is 0 Å². The number of hydrogen-bond acceptors (Lipinski definition) is 3. The molecule has 1 aromatic carbocycles. The first-order valence-electron chi connectivity index (χ1n) is 7.71. The van der Waals surface area contributed by atoms with Gasteiger partial charge in [0.25, 0.3) is 0 Å². The van der Waals surface area contributed by atoms with Gasteiger partial charge in [0.2, 0.25) is 5.91 Å². The largest absolute Gasteiger partial charge is 0.444 e. The molecule has 1 aliphatic rings. The monoisotopic (exact) mass is 298 g/mol. The number of fused-ring (bicyclic) bond motifs is 1. The topological polar surface area (TPSA) is 46.3 Å². The molecule has 4 heteroatoms. The Kier molecular flexibility index (Phi) is 3.55. The van der Waals surface area contributed by atoms with E-state index in [2.05, 4.69) is 31.8 Å². The second-order valence-corrected chi connectivity index (χ2v) is 6.88. The van der Waals surface area contributed by atoms with Crippen LogP contribution >= 0.6 is 0 Å². The maximum absolute atomic E-state index is 12.6. The van der Waals surface area contributed by atoms with Crippen LogP contribution in [0.25, 0.3) is 0 Å². The Hall–Kier alpha value is -2.10. The van der Waals surface area contributed by atoms with Crippen molar-refractivity contribution in [2.24, 2.45) is 0 Å². The van der Waals surface area contributed by atoms with Crippen LogP contribution in [0.2, 0.25) is 0 Å². The number of oxazole rings is 1. The molecule has 1 amide bonds. The summed E-state index contributed by atoms with van der Waals surface area (Å²) in [5, 5.41) is 0. The van der Waals surface area contributed by atoms with Crippen molar-refractivity contribution >= 4 is 11.6 Å². The lowest BCUT2D eigenvalue weighted by molar-refractivity contribution is -0.118. The number of amides is 1. The fourth-order valence-corrected chi connectivity index (χ4v) is 2.74. The number of nitrogens with zero attached hydrogens (tertiary/aromatic N) is 2. The first kappa shape index (κ1) is 14.8. The number of hydrogen-bond donors (Lipinski definition) is 0. The zero-order chi connectivity index (χ0) is 15.9. The predicted octanol–water partition coefficient (Wildman–Crippen LogP) is 3.41. The molecule has 0 fully saturated rings. The van der Waals surface area contributed by atoms with Gasteiger partial charge in [-0.2, -0.15) is 0 Å². The highest BCUT2D eigenvalue weighted by atomic mass is 16.4. The summed E-state index contributed by atoms with van der Waals surface area (Å²) in [6, 6.07) is 8.08. The summed E-state index contributed by atoms with van der Waals surface area (Å²) < 4.78 is 5.84. The molecule has 1 aromatic heterocycles. The molecule has 4 nitrogen and oxygen atoms in total. The van der Waals surface area contributed by atoms with E-state index in [9.17, 15) is 4.79 Å². The van der Waals surface area contributed by atoms with Crippen LogP contribution in [0.3, 0.4) is 0 Å². The number of rotatable bonds is 2. The lowest BCUT2D eigenvalue weighted by Crippen LogP contribution is -2.30. The van der Waals surface area contributed by atoms with Crippen LogP contribution in [0.4, 0.5) is 5.69 Å². The Morgan fingerprint density at radius 2 is 2.05 bits per heavy atom. The molecule has 0 saturated heterocycles. The molecule has 0 spiro atoms. The molecule has 0 N–H and O–H groups in total. The van der Waals surface area contributed by atoms with E-state index >= 15 is 0 Å². The molecule has 2 heterocycles. The summed E-state index contributed by atoms with van der Waals surface area (Å²) >= 11 is 0. The molecule has 0 aliphatic carbocycles. The minimum Gasteiger partial charge on any atom is -0.444 e. The van der Waals surface area contributed by atoms with Gasteiger partial charge in [-0.1, -0.05) is 39.0 Å². The summed E-state index contributed by atoms with van der Waals surface area (Å²) in [6.45, 7) is 8.82. The van der Waals surface area contributed by atoms with Crippen molar-refractivity contribution in [3.63, 3.8) is 0 Å². The highest BCUT2D eigenvalue weighted by Crippen LogP contribution is 2.29. The summed E-state index contributed by atoms with van der Waals surface area (Å²) in [4.78, 5) is 19.0. The number of carbonyl (C=O) groups is 1. The molecule has 2 aromatic rings. The molecular weight excluding hydrogens is 276 g/mol. The number of anilines is 1. The highest BCUT2D eigenvalue weighted by molar-refractivity contribution is 5.96. The Morgan fingerprint density at radius 3 is 2.73 bits per heavy atom. The van der Waals surface area contributed by atoms with Gasteiger partial charge in [-0.15, -0.1) is 0 Å². The van der Waals surface area contributed by atoms with Gasteiger partial charge in [0, 0.05) is 17.6 Å². The number of aryl methyl sites for hydroxylation is 1. The van der Waals surface area contributed by atoms with Crippen molar-refractivity contribution < 1.29 is 9.21 Å². The average molecular weight is 298 g/mol. The van der Waals surface area contributed by atoms with Crippen LogP contribution in [-0.2, 0) is 23.1 Å². The van der Waals surface area contributed by atoms with Gasteiger partial charge in [0.15, 0.2) is 5.89 Å². The van der Waals surface area contributed by atoms with Gasteiger partial charge in [0.05, 0.1) is 12.1 Å². The molecule has 0 saturated carbocycles. The molecule has 116 valence electrons. The lowest BCUT2D eigenvalue weighted by atomic mass is 9.97. The van der Waals surface area contributed by atoms with Crippen LogP contribution in [-0.4, -0.2) is 17.4 Å². The summed E-state index contributed by atoms with van der Waals surface area (Å²) in [6.07, 6.45) is 1.19. The molecule has 0 unspecified atom stereocenters. The zero-order valence-corrected chi connectivity index (χ0v) is 13.6. The maximum atomic E-state index is 12.6. The minimum absolute atomic E-state index is 0.0738. The molecule has 0 atom stereocenters. The molecule has 22 heavy (non-hydrogen) atoms. The fraction of sp³-hybridized carbons (Fsp3) is 0.444. The molecular formula is C18H22N2O2. The standard InChI is InChI=1S/C18H22N2O2/c1-12-15(22-17(19-12)18(2,3)4)11-16(21)20-10-9-13-7-5-6-8-14(13)20/h5-8H,9-11H2,1-4H3. The highest BCUT2D eigenvalue weighted by Gasteiger charge is 2.27. The molecule has 0 bridgehead atoms. The lowest BCUT2D eigenvalue weighted by Gasteiger charge is -2.16. The summed E-state index contributed by atoms with van der Waals surface area (Å²) in [5.74, 6) is 1.44. The van der Waals surface area contributed by atoms with E-state index in [4.69, 9.17) is 4.42 Å². The van der Waals surface area contributed by atoms with Gasteiger partial charge >= 0.3 is 0 Å². The molecule has 1 aliphatic heterocycles. The third kappa shape index (κ3) is 2.65. The average Bonchev–Trinajstić information content (AvgIpc) is 3.02. The van der Waals surface area contributed by atoms with Crippen LogP contribution in [0, 0.1) is 6.92 Å². The summed E-state index contributed by atoms with van der Waals surface area (Å²) in [7, 11) is 0. The Bertz CT molecular complexity index is 710. The van der Waals surface area contributed by atoms with E-state index < -0.39 is 0 Å². The second-order valence-electron chi connectivity index (χ2n) is 6.88. The van der Waals surface area contributed by atoms with E-state index in [0.717, 1.165) is 24.3 Å². The first-order valence-corrected chi connectivity index (χ1v) is 7.71. The normalized spacial score (nSPS) is 14.3. The van der Waals surface area contributed by atoms with Crippen molar-refractivity contribution in [1.82, 2.24) is 4.98 Å². The number of aromatic nitrogens is 1. The van der Waals surface area contributed by atoms with Crippen LogP contribution < -0.4 is 4.90 Å². The Morgan fingerprint density at radius 1 is 1.32 bits per heavy atom. The zero-order valence-electron chi connectivity index (χ0n) is 13.6. The second kappa shape index (κ2) is 5.27. The van der Waals surface area contributed by atoms with E-state index in [1.54, 1.807) is 0 Å². The fourth-order valence-electron chi connectivity index (χ4n) is 2.74. The Balaban J connectivity index is 1.80. The van der Waals surface area contributed by atoms with Gasteiger partial charge in [-0.25, -0.2) is 4.98 Å². The number of para-hydroxylation sites is 1. The van der Waals surface area contributed by atoms with Crippen molar-refractivity contribution in [2.45, 2.75) is 46.0 Å². The predicted molar refractivity (Wildman–Crippen MR) is 86.1 cm³/mol. The van der Waals surface area contributed by atoms with Crippen LogP contribution in [0.15, 0.2) is 28.7 Å². The third-order valence-electron chi connectivity index (χ3n) is 4.03. The summed E-state index contributed by atoms with van der Waals surface area (Å²) in [5.41, 5.74) is 2.93. The number of benzene rings is 1. The minimum atomic E-state index is -0.147. The van der Waals surface area contributed by atoms with E-state index in [-0.39, 0.29) is 17.7 Å². The van der Waals surface area contributed by atoms with E-state index in [1.165, 1.54) is 5.56 Å². The maximum Gasteiger partial charge on any atom is 0.234 e. The number of carbonyl (C=O) groups excluding carboxylic acids is 1. The van der Waals surface area contributed by atoms with Crippen molar-refractivity contribution in [3.05, 3.63) is 47.2 Å². The Labute approximate surface area is 131 Å². The molecule has 3 rings (SSSR count). The van der Waals surface area contributed by atoms with Crippen molar-refractivity contribution in [2.75, 3.05) is 11.4 Å². The van der Waals surface area contributed by atoms with Gasteiger partial charge in [-0.3, -0.25) is 4.79 Å². The van der Waals surface area contributed by atoms with Gasteiger partial charge in [0.1, 0.15) is 5.76 Å². The third-order valence-corrected chi connectivity index (χ3v) is 4.03. The SMILES string of the molecule is Cc1nc(C(C)(C)C)oc1CC(=O)N1CCc2ccccc21. The first-order chi connectivity index (χ1) is 10.4. The smallest absolute Gasteiger partial charge is 0.234 e. The quantitative estimate of drug-likeness (QED) is 0.853. The van der Waals surface area contributed by atoms with Crippen LogP contribution in [0.1, 0.15) is 43.7 Å². The van der Waals surface area contributed by atoms with Gasteiger partial charge < -0.3 is 9.32 Å². The van der Waals surface area contributed by atoms with Crippen molar-refractivity contribution in [1.29, 1.82) is 0 Å².